The van der Waals surface area contributed by atoms with Crippen LogP contribution in [-0.2, 0) is 6.42 Å². The second-order valence-electron chi connectivity index (χ2n) is 6.73. The van der Waals surface area contributed by atoms with Crippen molar-refractivity contribution in [3.05, 3.63) is 68.1 Å². The van der Waals surface area contributed by atoms with Crippen LogP contribution in [0.1, 0.15) is 35.1 Å². The van der Waals surface area contributed by atoms with Gasteiger partial charge in [-0.05, 0) is 31.0 Å². The Labute approximate surface area is 175 Å². The third-order valence-electron chi connectivity index (χ3n) is 4.40. The van der Waals surface area contributed by atoms with Crippen LogP contribution in [0, 0.1) is 12.7 Å². The molecule has 0 spiro atoms. The molecule has 0 aliphatic heterocycles. The quantitative estimate of drug-likeness (QED) is 0.384. The van der Waals surface area contributed by atoms with Gasteiger partial charge in [-0.2, -0.15) is 0 Å². The average molecular weight is 430 g/mol. The molecule has 3 heterocycles. The van der Waals surface area contributed by atoms with Crippen molar-refractivity contribution in [2.24, 2.45) is 0 Å². The Morgan fingerprint density at radius 1 is 1.21 bits per heavy atom. The van der Waals surface area contributed by atoms with Gasteiger partial charge >= 0.3 is 5.56 Å². The van der Waals surface area contributed by atoms with Gasteiger partial charge in [0.1, 0.15) is 16.5 Å². The van der Waals surface area contributed by atoms with Gasteiger partial charge in [0.25, 0.3) is 0 Å². The maximum atomic E-state index is 13.1. The SMILES string of the molecule is CCCCOc1c(-c2ncc(Cc3ccc(F)cc3)s2)nc2sc(C)cn2c1=O. The number of halogens is 1. The average Bonchev–Trinajstić information content (AvgIpc) is 3.31. The summed E-state index contributed by atoms with van der Waals surface area (Å²) in [6.45, 7) is 4.48. The first kappa shape index (κ1) is 19.7. The van der Waals surface area contributed by atoms with E-state index < -0.39 is 0 Å². The van der Waals surface area contributed by atoms with Gasteiger partial charge in [-0.15, -0.1) is 22.7 Å². The van der Waals surface area contributed by atoms with Crippen molar-refractivity contribution in [3.8, 4) is 16.5 Å². The van der Waals surface area contributed by atoms with Gasteiger partial charge in [0, 0.05) is 28.6 Å². The molecule has 150 valence electrons. The Hall–Kier alpha value is -2.58. The predicted molar refractivity (Wildman–Crippen MR) is 115 cm³/mol. The van der Waals surface area contributed by atoms with E-state index >= 15 is 0 Å². The largest absolute Gasteiger partial charge is 0.486 e. The number of thiazole rings is 2. The standard InChI is InChI=1S/C21H20FN3O2S2/c1-3-4-9-27-18-17(24-21-25(20(18)26)12-13(2)28-21)19-23-11-16(29-19)10-14-5-7-15(22)8-6-14/h5-8,11-12H,3-4,9-10H2,1-2H3. The zero-order valence-electron chi connectivity index (χ0n) is 16.1. The van der Waals surface area contributed by atoms with Gasteiger partial charge in [-0.25, -0.2) is 14.4 Å². The van der Waals surface area contributed by atoms with Gasteiger partial charge in [0.15, 0.2) is 4.96 Å². The van der Waals surface area contributed by atoms with Crippen molar-refractivity contribution in [1.82, 2.24) is 14.4 Å². The Kier molecular flexibility index (Phi) is 5.73. The molecule has 0 radical (unpaired) electrons. The zero-order chi connectivity index (χ0) is 20.4. The van der Waals surface area contributed by atoms with E-state index in [1.165, 1.54) is 39.2 Å². The summed E-state index contributed by atoms with van der Waals surface area (Å²) >= 11 is 2.93. The van der Waals surface area contributed by atoms with Gasteiger partial charge in [-0.3, -0.25) is 9.20 Å². The summed E-state index contributed by atoms with van der Waals surface area (Å²) in [6.07, 6.45) is 6.04. The lowest BCUT2D eigenvalue weighted by atomic mass is 10.1. The van der Waals surface area contributed by atoms with E-state index in [2.05, 4.69) is 11.9 Å². The third kappa shape index (κ3) is 4.23. The van der Waals surface area contributed by atoms with E-state index in [4.69, 9.17) is 9.72 Å². The first-order valence-electron chi connectivity index (χ1n) is 9.40. The van der Waals surface area contributed by atoms with Crippen LogP contribution in [-0.4, -0.2) is 21.0 Å². The third-order valence-corrected chi connectivity index (χ3v) is 6.30. The lowest BCUT2D eigenvalue weighted by Gasteiger charge is -2.08. The summed E-state index contributed by atoms with van der Waals surface area (Å²) < 4.78 is 20.5. The van der Waals surface area contributed by atoms with Crippen molar-refractivity contribution in [3.63, 3.8) is 0 Å². The Morgan fingerprint density at radius 3 is 2.76 bits per heavy atom. The van der Waals surface area contributed by atoms with E-state index in [-0.39, 0.29) is 17.1 Å². The fraction of sp³-hybridized carbons (Fsp3) is 0.286. The number of aromatic nitrogens is 3. The number of fused-ring (bicyclic) bond motifs is 1. The molecule has 0 atom stereocenters. The van der Waals surface area contributed by atoms with Crippen molar-refractivity contribution >= 4 is 27.6 Å². The predicted octanol–water partition coefficient (Wildman–Crippen LogP) is 5.10. The van der Waals surface area contributed by atoms with Gasteiger partial charge < -0.3 is 4.74 Å². The number of aryl methyl sites for hydroxylation is 1. The molecule has 0 aliphatic rings. The number of nitrogens with zero attached hydrogens (tertiary/aromatic N) is 3. The summed E-state index contributed by atoms with van der Waals surface area (Å²) in [5, 5.41) is 0.652. The van der Waals surface area contributed by atoms with E-state index in [9.17, 15) is 9.18 Å². The van der Waals surface area contributed by atoms with Crippen LogP contribution in [0.15, 0.2) is 41.5 Å². The molecule has 8 heteroatoms. The molecule has 0 saturated heterocycles. The van der Waals surface area contributed by atoms with Gasteiger partial charge in [0.2, 0.25) is 5.75 Å². The highest BCUT2D eigenvalue weighted by Crippen LogP contribution is 2.32. The first-order chi connectivity index (χ1) is 14.0. The molecular formula is C21H20FN3O2S2. The lowest BCUT2D eigenvalue weighted by Crippen LogP contribution is -2.18. The van der Waals surface area contributed by atoms with E-state index in [0.717, 1.165) is 28.2 Å². The van der Waals surface area contributed by atoms with Crippen LogP contribution in [0.5, 0.6) is 5.75 Å². The molecule has 4 aromatic rings. The second kappa shape index (κ2) is 8.42. The summed E-state index contributed by atoms with van der Waals surface area (Å²) in [5.74, 6) is -0.00624. The molecule has 0 N–H and O–H groups in total. The number of hydrogen-bond acceptors (Lipinski definition) is 6. The minimum absolute atomic E-state index is 0.208. The van der Waals surface area contributed by atoms with Crippen molar-refractivity contribution < 1.29 is 9.13 Å². The van der Waals surface area contributed by atoms with Crippen LogP contribution in [0.4, 0.5) is 4.39 Å². The smallest absolute Gasteiger partial charge is 0.301 e. The number of ether oxygens (including phenoxy) is 1. The molecule has 3 aromatic heterocycles. The summed E-state index contributed by atoms with van der Waals surface area (Å²) in [5.41, 5.74) is 1.28. The molecular weight excluding hydrogens is 409 g/mol. The van der Waals surface area contributed by atoms with Gasteiger partial charge in [0.05, 0.1) is 6.61 Å². The van der Waals surface area contributed by atoms with E-state index in [1.807, 2.05) is 6.92 Å². The fourth-order valence-electron chi connectivity index (χ4n) is 2.93. The molecule has 0 aliphatic carbocycles. The topological polar surface area (TPSA) is 56.5 Å². The minimum Gasteiger partial charge on any atom is -0.486 e. The summed E-state index contributed by atoms with van der Waals surface area (Å²) in [7, 11) is 0. The van der Waals surface area contributed by atoms with Crippen molar-refractivity contribution in [2.45, 2.75) is 33.1 Å². The van der Waals surface area contributed by atoms with E-state index in [1.54, 1.807) is 24.5 Å². The second-order valence-corrected chi connectivity index (χ2v) is 9.05. The molecule has 0 amide bonds. The molecule has 0 fully saturated rings. The number of rotatable bonds is 7. The highest BCUT2D eigenvalue weighted by Gasteiger charge is 2.20. The molecule has 0 unspecified atom stereocenters. The van der Waals surface area contributed by atoms with Crippen LogP contribution in [0.25, 0.3) is 15.7 Å². The summed E-state index contributed by atoms with van der Waals surface area (Å²) in [6, 6.07) is 6.43. The molecule has 1 aromatic carbocycles. The first-order valence-corrected chi connectivity index (χ1v) is 11.0. The maximum absolute atomic E-state index is 13.1. The zero-order valence-corrected chi connectivity index (χ0v) is 17.8. The summed E-state index contributed by atoms with van der Waals surface area (Å²) in [4.78, 5) is 24.8. The van der Waals surface area contributed by atoms with Crippen LogP contribution >= 0.6 is 22.7 Å². The minimum atomic E-state index is -0.253. The highest BCUT2D eigenvalue weighted by molar-refractivity contribution is 7.17. The molecule has 29 heavy (non-hydrogen) atoms. The van der Waals surface area contributed by atoms with Crippen molar-refractivity contribution in [1.29, 1.82) is 0 Å². The van der Waals surface area contributed by atoms with Crippen LogP contribution in [0.2, 0.25) is 0 Å². The Morgan fingerprint density at radius 2 is 2.00 bits per heavy atom. The van der Waals surface area contributed by atoms with Crippen molar-refractivity contribution in [2.75, 3.05) is 6.61 Å². The molecule has 4 rings (SSSR count). The van der Waals surface area contributed by atoms with Crippen LogP contribution < -0.4 is 10.3 Å². The highest BCUT2D eigenvalue weighted by atomic mass is 32.1. The molecule has 0 bridgehead atoms. The number of unbranched alkanes of at least 4 members (excludes halogenated alkanes) is 1. The van der Waals surface area contributed by atoms with Gasteiger partial charge in [-0.1, -0.05) is 25.5 Å². The number of hydrogen-bond donors (Lipinski definition) is 0. The van der Waals surface area contributed by atoms with E-state index in [0.29, 0.717) is 28.7 Å². The molecule has 5 nitrogen and oxygen atoms in total. The normalized spacial score (nSPS) is 11.3. The Balaban J connectivity index is 1.72. The maximum Gasteiger partial charge on any atom is 0.301 e. The monoisotopic (exact) mass is 429 g/mol. The van der Waals surface area contributed by atoms with Crippen LogP contribution in [0.3, 0.4) is 0 Å². The fourth-order valence-corrected chi connectivity index (χ4v) is 4.68. The molecule has 0 saturated carbocycles. The lowest BCUT2D eigenvalue weighted by molar-refractivity contribution is 0.305. The Bertz CT molecular complexity index is 1200. The number of benzene rings is 1.